The molecular formula is C12H10N4OS5. The van der Waals surface area contributed by atoms with Gasteiger partial charge in [0.1, 0.15) is 5.01 Å². The van der Waals surface area contributed by atoms with Gasteiger partial charge >= 0.3 is 0 Å². The number of rotatable bonds is 7. The van der Waals surface area contributed by atoms with Crippen LogP contribution in [-0.4, -0.2) is 26.8 Å². The lowest BCUT2D eigenvalue weighted by Crippen LogP contribution is -2.12. The molecular weight excluding hydrogens is 376 g/mol. The first-order valence-corrected chi connectivity index (χ1v) is 10.6. The van der Waals surface area contributed by atoms with E-state index in [2.05, 4.69) is 32.0 Å². The van der Waals surface area contributed by atoms with E-state index in [9.17, 15) is 4.79 Å². The van der Waals surface area contributed by atoms with Crippen LogP contribution in [0, 0.1) is 0 Å². The second-order valence-electron chi connectivity index (χ2n) is 4.00. The highest BCUT2D eigenvalue weighted by Gasteiger charge is 2.09. The van der Waals surface area contributed by atoms with E-state index in [0.717, 1.165) is 25.1 Å². The van der Waals surface area contributed by atoms with Crippen molar-refractivity contribution in [1.29, 1.82) is 0 Å². The third kappa shape index (κ3) is 4.29. The lowest BCUT2D eigenvalue weighted by Gasteiger charge is -1.92. The van der Waals surface area contributed by atoms with Crippen LogP contribution < -0.4 is 5.73 Å². The first-order valence-electron chi connectivity index (χ1n) is 6.06. The van der Waals surface area contributed by atoms with E-state index >= 15 is 0 Å². The molecule has 5 nitrogen and oxygen atoms in total. The van der Waals surface area contributed by atoms with Gasteiger partial charge in [-0.2, -0.15) is 0 Å². The standard InChI is InChI=1S/C12H10N4OS5/c13-9(17)6-21-12-16-15-11(22-12)20-5-7-4-19-10(14-7)8-2-1-3-18-8/h1-4H,5-6H2,(H2,13,17). The molecule has 0 aliphatic carbocycles. The monoisotopic (exact) mass is 386 g/mol. The zero-order valence-electron chi connectivity index (χ0n) is 11.1. The van der Waals surface area contributed by atoms with Crippen LogP contribution >= 0.6 is 57.5 Å². The summed E-state index contributed by atoms with van der Waals surface area (Å²) in [6, 6.07) is 4.11. The Morgan fingerprint density at radius 3 is 2.77 bits per heavy atom. The quantitative estimate of drug-likeness (QED) is 0.625. The molecule has 22 heavy (non-hydrogen) atoms. The number of carbonyl (C=O) groups is 1. The molecule has 0 radical (unpaired) electrons. The summed E-state index contributed by atoms with van der Waals surface area (Å²) in [5, 5.41) is 13.3. The molecule has 3 aromatic rings. The average Bonchev–Trinajstić information content (AvgIpc) is 3.23. The molecule has 0 aliphatic heterocycles. The predicted molar refractivity (Wildman–Crippen MR) is 94.8 cm³/mol. The van der Waals surface area contributed by atoms with Crippen LogP contribution in [0.25, 0.3) is 9.88 Å². The Labute approximate surface area is 147 Å². The van der Waals surface area contributed by atoms with E-state index < -0.39 is 0 Å². The zero-order chi connectivity index (χ0) is 15.4. The summed E-state index contributed by atoms with van der Waals surface area (Å²) in [5.74, 6) is 0.644. The van der Waals surface area contributed by atoms with Crippen molar-refractivity contribution in [1.82, 2.24) is 15.2 Å². The Balaban J connectivity index is 1.55. The molecule has 0 fully saturated rings. The number of aromatic nitrogens is 3. The minimum Gasteiger partial charge on any atom is -0.369 e. The Bertz CT molecular complexity index is 751. The number of nitrogens with two attached hydrogens (primary N) is 1. The van der Waals surface area contributed by atoms with Crippen molar-refractivity contribution in [3.05, 3.63) is 28.6 Å². The highest BCUT2D eigenvalue weighted by Crippen LogP contribution is 2.33. The number of thiazole rings is 1. The Hall–Kier alpha value is -0.940. The average molecular weight is 387 g/mol. The number of primary amides is 1. The fourth-order valence-electron chi connectivity index (χ4n) is 1.47. The van der Waals surface area contributed by atoms with Gasteiger partial charge in [-0.05, 0) is 11.4 Å². The Morgan fingerprint density at radius 1 is 1.23 bits per heavy atom. The summed E-state index contributed by atoms with van der Waals surface area (Å²) in [6.45, 7) is 0. The van der Waals surface area contributed by atoms with E-state index in [1.165, 1.54) is 28.0 Å². The summed E-state index contributed by atoms with van der Waals surface area (Å²) in [4.78, 5) is 16.6. The molecule has 0 spiro atoms. The van der Waals surface area contributed by atoms with Crippen molar-refractivity contribution in [3.63, 3.8) is 0 Å². The van der Waals surface area contributed by atoms with Gasteiger partial charge < -0.3 is 5.73 Å². The zero-order valence-corrected chi connectivity index (χ0v) is 15.2. The SMILES string of the molecule is NC(=O)CSc1nnc(SCc2csc(-c3cccs3)n2)s1. The summed E-state index contributed by atoms with van der Waals surface area (Å²) in [7, 11) is 0. The maximum atomic E-state index is 10.7. The molecule has 3 aromatic heterocycles. The molecule has 0 aliphatic rings. The van der Waals surface area contributed by atoms with Gasteiger partial charge in [0.2, 0.25) is 5.91 Å². The van der Waals surface area contributed by atoms with E-state index in [4.69, 9.17) is 5.73 Å². The number of thiophene rings is 1. The first kappa shape index (κ1) is 15.9. The number of carbonyl (C=O) groups excluding carboxylic acids is 1. The highest BCUT2D eigenvalue weighted by molar-refractivity contribution is 8.03. The number of amides is 1. The second kappa shape index (κ2) is 7.55. The molecule has 114 valence electrons. The van der Waals surface area contributed by atoms with E-state index in [1.54, 1.807) is 34.4 Å². The topological polar surface area (TPSA) is 81.8 Å². The molecule has 2 N–H and O–H groups in total. The van der Waals surface area contributed by atoms with Gasteiger partial charge in [-0.15, -0.1) is 32.9 Å². The van der Waals surface area contributed by atoms with Crippen molar-refractivity contribution in [2.75, 3.05) is 5.75 Å². The van der Waals surface area contributed by atoms with E-state index in [0.29, 0.717) is 0 Å². The number of hydrogen-bond donors (Lipinski definition) is 1. The van der Waals surface area contributed by atoms with Crippen LogP contribution in [0.2, 0.25) is 0 Å². The first-order chi connectivity index (χ1) is 10.7. The second-order valence-corrected chi connectivity index (χ2v) is 9.23. The van der Waals surface area contributed by atoms with Crippen LogP contribution in [0.1, 0.15) is 5.69 Å². The Morgan fingerprint density at radius 2 is 2.05 bits per heavy atom. The molecule has 0 saturated heterocycles. The maximum absolute atomic E-state index is 10.7. The third-order valence-corrected chi connectivity index (χ3v) is 7.53. The molecule has 10 heteroatoms. The van der Waals surface area contributed by atoms with Crippen molar-refractivity contribution in [3.8, 4) is 9.88 Å². The Kier molecular flexibility index (Phi) is 5.47. The summed E-state index contributed by atoms with van der Waals surface area (Å²) in [5.41, 5.74) is 6.15. The minimum absolute atomic E-state index is 0.232. The van der Waals surface area contributed by atoms with Gasteiger partial charge in [-0.1, -0.05) is 40.9 Å². The molecule has 0 unspecified atom stereocenters. The van der Waals surface area contributed by atoms with Crippen LogP contribution in [0.4, 0.5) is 0 Å². The van der Waals surface area contributed by atoms with Crippen LogP contribution in [-0.2, 0) is 10.5 Å². The van der Waals surface area contributed by atoms with Gasteiger partial charge in [0.25, 0.3) is 0 Å². The summed E-state index contributed by atoms with van der Waals surface area (Å²) in [6.07, 6.45) is 0. The predicted octanol–water partition coefficient (Wildman–Crippen LogP) is 3.59. The number of thioether (sulfide) groups is 2. The van der Waals surface area contributed by atoms with Crippen molar-refractivity contribution in [2.24, 2.45) is 5.73 Å². The summed E-state index contributed by atoms with van der Waals surface area (Å²) >= 11 is 7.74. The number of nitrogens with zero attached hydrogens (tertiary/aromatic N) is 3. The molecule has 0 bridgehead atoms. The van der Waals surface area contributed by atoms with Gasteiger partial charge in [-0.25, -0.2) is 4.98 Å². The van der Waals surface area contributed by atoms with Crippen molar-refractivity contribution in [2.45, 2.75) is 14.4 Å². The van der Waals surface area contributed by atoms with Crippen molar-refractivity contribution < 1.29 is 4.79 Å². The van der Waals surface area contributed by atoms with E-state index in [-0.39, 0.29) is 11.7 Å². The molecule has 0 aromatic carbocycles. The fraction of sp³-hybridized carbons (Fsp3) is 0.167. The largest absolute Gasteiger partial charge is 0.369 e. The van der Waals surface area contributed by atoms with E-state index in [1.807, 2.05) is 6.07 Å². The number of hydrogen-bond acceptors (Lipinski definition) is 9. The molecule has 3 rings (SSSR count). The lowest BCUT2D eigenvalue weighted by atomic mass is 10.5. The smallest absolute Gasteiger partial charge is 0.227 e. The molecule has 0 saturated carbocycles. The van der Waals surface area contributed by atoms with Crippen LogP contribution in [0.15, 0.2) is 31.6 Å². The minimum atomic E-state index is -0.349. The van der Waals surface area contributed by atoms with Gasteiger partial charge in [-0.3, -0.25) is 4.79 Å². The van der Waals surface area contributed by atoms with Crippen LogP contribution in [0.3, 0.4) is 0 Å². The van der Waals surface area contributed by atoms with Gasteiger partial charge in [0.15, 0.2) is 8.68 Å². The fourth-order valence-corrected chi connectivity index (χ4v) is 5.86. The van der Waals surface area contributed by atoms with Gasteiger partial charge in [0.05, 0.1) is 16.3 Å². The third-order valence-electron chi connectivity index (χ3n) is 2.35. The molecule has 0 atom stereocenters. The lowest BCUT2D eigenvalue weighted by molar-refractivity contribution is -0.115. The van der Waals surface area contributed by atoms with Crippen molar-refractivity contribution >= 4 is 63.4 Å². The summed E-state index contributed by atoms with van der Waals surface area (Å²) < 4.78 is 1.64. The van der Waals surface area contributed by atoms with Crippen LogP contribution in [0.5, 0.6) is 0 Å². The molecule has 3 heterocycles. The maximum Gasteiger partial charge on any atom is 0.227 e. The molecule has 1 amide bonds. The van der Waals surface area contributed by atoms with Gasteiger partial charge in [0, 0.05) is 11.1 Å². The normalized spacial score (nSPS) is 10.9. The highest BCUT2D eigenvalue weighted by atomic mass is 32.2.